The molecule has 0 saturated heterocycles. The SMILES string of the molecule is CC(C)c1ccc2oc(=O)cc(CN=[N+]=[N-])c2c1. The van der Waals surface area contributed by atoms with Gasteiger partial charge in [-0.05, 0) is 34.7 Å². The molecule has 5 nitrogen and oxygen atoms in total. The lowest BCUT2D eigenvalue weighted by Gasteiger charge is -2.08. The fraction of sp³-hybridized carbons (Fsp3) is 0.308. The van der Waals surface area contributed by atoms with Crippen molar-refractivity contribution < 1.29 is 4.42 Å². The average molecular weight is 243 g/mol. The summed E-state index contributed by atoms with van der Waals surface area (Å²) in [6.07, 6.45) is 0. The van der Waals surface area contributed by atoms with Crippen LogP contribution in [0.15, 0.2) is 38.6 Å². The van der Waals surface area contributed by atoms with Gasteiger partial charge in [0.05, 0.1) is 6.54 Å². The Morgan fingerprint density at radius 2 is 2.17 bits per heavy atom. The summed E-state index contributed by atoms with van der Waals surface area (Å²) in [5.74, 6) is 0.383. The van der Waals surface area contributed by atoms with Crippen LogP contribution in [-0.4, -0.2) is 0 Å². The van der Waals surface area contributed by atoms with Gasteiger partial charge in [-0.25, -0.2) is 4.79 Å². The van der Waals surface area contributed by atoms with E-state index in [1.165, 1.54) is 6.07 Å². The third kappa shape index (κ3) is 2.36. The van der Waals surface area contributed by atoms with E-state index in [0.29, 0.717) is 17.1 Å². The van der Waals surface area contributed by atoms with Gasteiger partial charge in [0, 0.05) is 16.4 Å². The fourth-order valence-electron chi connectivity index (χ4n) is 1.84. The minimum absolute atomic E-state index is 0.153. The predicted molar refractivity (Wildman–Crippen MR) is 69.4 cm³/mol. The number of nitrogens with zero attached hydrogens (tertiary/aromatic N) is 3. The van der Waals surface area contributed by atoms with Crippen LogP contribution in [0.4, 0.5) is 0 Å². The van der Waals surface area contributed by atoms with Crippen molar-refractivity contribution in [3.63, 3.8) is 0 Å². The number of hydrogen-bond acceptors (Lipinski definition) is 3. The van der Waals surface area contributed by atoms with E-state index in [4.69, 9.17) is 9.95 Å². The number of azide groups is 1. The highest BCUT2D eigenvalue weighted by molar-refractivity contribution is 5.81. The summed E-state index contributed by atoms with van der Waals surface area (Å²) in [5, 5.41) is 4.33. The molecule has 18 heavy (non-hydrogen) atoms. The molecule has 0 spiro atoms. The molecule has 0 aliphatic rings. The lowest BCUT2D eigenvalue weighted by molar-refractivity contribution is 0.558. The molecular weight excluding hydrogens is 230 g/mol. The van der Waals surface area contributed by atoms with Gasteiger partial charge in [0.15, 0.2) is 0 Å². The topological polar surface area (TPSA) is 79.0 Å². The zero-order chi connectivity index (χ0) is 13.1. The van der Waals surface area contributed by atoms with Crippen molar-refractivity contribution in [1.82, 2.24) is 0 Å². The third-order valence-corrected chi connectivity index (χ3v) is 2.82. The van der Waals surface area contributed by atoms with E-state index in [9.17, 15) is 4.79 Å². The Kier molecular flexibility index (Phi) is 3.35. The highest BCUT2D eigenvalue weighted by atomic mass is 16.4. The summed E-state index contributed by atoms with van der Waals surface area (Å²) in [6.45, 7) is 4.33. The van der Waals surface area contributed by atoms with Crippen LogP contribution in [0.25, 0.3) is 21.4 Å². The van der Waals surface area contributed by atoms with Gasteiger partial charge in [0.1, 0.15) is 5.58 Å². The van der Waals surface area contributed by atoms with Crippen molar-refractivity contribution in [2.24, 2.45) is 5.11 Å². The molecule has 0 radical (unpaired) electrons. The molecule has 0 atom stereocenters. The fourth-order valence-corrected chi connectivity index (χ4v) is 1.84. The van der Waals surface area contributed by atoms with Crippen LogP contribution in [-0.2, 0) is 6.54 Å². The van der Waals surface area contributed by atoms with E-state index in [0.717, 1.165) is 10.9 Å². The Hall–Kier alpha value is -2.26. The summed E-state index contributed by atoms with van der Waals surface area (Å²) >= 11 is 0. The van der Waals surface area contributed by atoms with Crippen molar-refractivity contribution in [1.29, 1.82) is 0 Å². The maximum atomic E-state index is 11.4. The van der Waals surface area contributed by atoms with Crippen LogP contribution in [0.2, 0.25) is 0 Å². The van der Waals surface area contributed by atoms with E-state index >= 15 is 0 Å². The van der Waals surface area contributed by atoms with E-state index < -0.39 is 5.63 Å². The molecule has 1 aromatic heterocycles. The van der Waals surface area contributed by atoms with Gasteiger partial charge < -0.3 is 4.42 Å². The first-order chi connectivity index (χ1) is 8.61. The monoisotopic (exact) mass is 243 g/mol. The number of rotatable bonds is 3. The van der Waals surface area contributed by atoms with Crippen molar-refractivity contribution in [3.05, 3.63) is 56.3 Å². The molecule has 0 saturated carbocycles. The van der Waals surface area contributed by atoms with Crippen molar-refractivity contribution in [3.8, 4) is 0 Å². The lowest BCUT2D eigenvalue weighted by atomic mass is 9.99. The molecule has 92 valence electrons. The average Bonchev–Trinajstić information content (AvgIpc) is 2.35. The zero-order valence-corrected chi connectivity index (χ0v) is 10.3. The molecule has 0 fully saturated rings. The Labute approximate surface area is 104 Å². The molecule has 0 aliphatic carbocycles. The molecule has 2 rings (SSSR count). The summed E-state index contributed by atoms with van der Waals surface area (Å²) in [4.78, 5) is 14.1. The highest BCUT2D eigenvalue weighted by Gasteiger charge is 2.07. The molecule has 1 heterocycles. The number of fused-ring (bicyclic) bond motifs is 1. The zero-order valence-electron chi connectivity index (χ0n) is 10.3. The van der Waals surface area contributed by atoms with E-state index in [2.05, 4.69) is 23.9 Å². The van der Waals surface area contributed by atoms with E-state index in [-0.39, 0.29) is 6.54 Å². The van der Waals surface area contributed by atoms with Gasteiger partial charge in [-0.3, -0.25) is 0 Å². The number of hydrogen-bond donors (Lipinski definition) is 0. The Morgan fingerprint density at radius 1 is 1.39 bits per heavy atom. The van der Waals surface area contributed by atoms with Crippen molar-refractivity contribution >= 4 is 11.0 Å². The Morgan fingerprint density at radius 3 is 2.83 bits per heavy atom. The van der Waals surface area contributed by atoms with Gasteiger partial charge >= 0.3 is 5.63 Å². The normalized spacial score (nSPS) is 10.6. The number of benzene rings is 1. The molecule has 0 unspecified atom stereocenters. The maximum Gasteiger partial charge on any atom is 0.336 e. The van der Waals surface area contributed by atoms with Crippen LogP contribution in [0.1, 0.15) is 30.9 Å². The smallest absolute Gasteiger partial charge is 0.336 e. The summed E-state index contributed by atoms with van der Waals surface area (Å²) in [7, 11) is 0. The van der Waals surface area contributed by atoms with Gasteiger partial charge in [-0.15, -0.1) is 0 Å². The Bertz CT molecular complexity index is 682. The Balaban J connectivity index is 2.69. The van der Waals surface area contributed by atoms with Crippen molar-refractivity contribution in [2.45, 2.75) is 26.3 Å². The summed E-state index contributed by atoms with van der Waals surface area (Å²) in [5.41, 5.74) is 10.3. The molecule has 2 aromatic rings. The predicted octanol–water partition coefficient (Wildman–Crippen LogP) is 3.73. The second kappa shape index (κ2) is 4.94. The molecule has 0 N–H and O–H groups in total. The second-order valence-corrected chi connectivity index (χ2v) is 4.39. The first-order valence-corrected chi connectivity index (χ1v) is 5.69. The minimum atomic E-state index is -0.428. The largest absolute Gasteiger partial charge is 0.423 e. The molecule has 0 amide bonds. The second-order valence-electron chi connectivity index (χ2n) is 4.39. The van der Waals surface area contributed by atoms with Gasteiger partial charge in [0.25, 0.3) is 0 Å². The standard InChI is InChI=1S/C13H13N3O2/c1-8(2)9-3-4-12-11(5-9)10(7-15-16-14)6-13(17)18-12/h3-6,8H,7H2,1-2H3. The molecule has 0 aliphatic heterocycles. The van der Waals surface area contributed by atoms with E-state index in [1.54, 1.807) is 6.07 Å². The van der Waals surface area contributed by atoms with Crippen LogP contribution in [0, 0.1) is 0 Å². The summed E-state index contributed by atoms with van der Waals surface area (Å²) in [6, 6.07) is 7.07. The first-order valence-electron chi connectivity index (χ1n) is 5.69. The quantitative estimate of drug-likeness (QED) is 0.356. The van der Waals surface area contributed by atoms with Crippen molar-refractivity contribution in [2.75, 3.05) is 0 Å². The van der Waals surface area contributed by atoms with Gasteiger partial charge in [-0.1, -0.05) is 25.0 Å². The molecule has 5 heteroatoms. The minimum Gasteiger partial charge on any atom is -0.423 e. The molecule has 1 aromatic carbocycles. The first kappa shape index (κ1) is 12.2. The highest BCUT2D eigenvalue weighted by Crippen LogP contribution is 2.23. The molecule has 0 bridgehead atoms. The van der Waals surface area contributed by atoms with Gasteiger partial charge in [-0.2, -0.15) is 0 Å². The van der Waals surface area contributed by atoms with Crippen LogP contribution < -0.4 is 5.63 Å². The summed E-state index contributed by atoms with van der Waals surface area (Å²) < 4.78 is 5.13. The maximum absolute atomic E-state index is 11.4. The molecular formula is C13H13N3O2. The lowest BCUT2D eigenvalue weighted by Crippen LogP contribution is -2.00. The van der Waals surface area contributed by atoms with Gasteiger partial charge in [0.2, 0.25) is 0 Å². The van der Waals surface area contributed by atoms with Crippen LogP contribution in [0.5, 0.6) is 0 Å². The van der Waals surface area contributed by atoms with E-state index in [1.807, 2.05) is 12.1 Å². The van der Waals surface area contributed by atoms with Crippen LogP contribution in [0.3, 0.4) is 0 Å². The van der Waals surface area contributed by atoms with Crippen LogP contribution >= 0.6 is 0 Å². The third-order valence-electron chi connectivity index (χ3n) is 2.82.